The zero-order valence-corrected chi connectivity index (χ0v) is 55.3. The van der Waals surface area contributed by atoms with E-state index >= 15 is 0 Å². The van der Waals surface area contributed by atoms with E-state index in [1.807, 2.05) is 194 Å². The quantitative estimate of drug-likeness (QED) is 0.116. The van der Waals surface area contributed by atoms with Crippen LogP contribution in [0.25, 0.3) is 113 Å². The molecule has 26 nitrogen and oxygen atoms in total. The molecule has 0 atom stereocenters. The van der Waals surface area contributed by atoms with Gasteiger partial charge in [0, 0.05) is 62.4 Å². The van der Waals surface area contributed by atoms with Crippen molar-refractivity contribution in [3.8, 4) is 125 Å². The molecule has 4 aromatic carbocycles. The molecule has 0 radical (unpaired) electrons. The summed E-state index contributed by atoms with van der Waals surface area (Å²) in [7, 11) is -14.8. The van der Waals surface area contributed by atoms with Gasteiger partial charge in [0.1, 0.15) is 22.8 Å². The van der Waals surface area contributed by atoms with Gasteiger partial charge in [-0.2, -0.15) is 29.4 Å². The largest absolute Gasteiger partial charge is 3.00 e. The minimum Gasteiger partial charge on any atom is -0.618 e. The molecule has 0 unspecified atom stereocenters. The third-order valence-electron chi connectivity index (χ3n) is 12.6. The smallest absolute Gasteiger partial charge is 0.618 e. The van der Waals surface area contributed by atoms with Gasteiger partial charge in [0.25, 0.3) is 0 Å². The van der Waals surface area contributed by atoms with Gasteiger partial charge in [0.2, 0.25) is 22.8 Å². The Bertz CT molecular complexity index is 4020. The zero-order chi connectivity index (χ0) is 70.7. The molecule has 0 aliphatic heterocycles. The first-order valence-corrected chi connectivity index (χ1v) is 31.4. The monoisotopic (exact) mass is 1530 g/mol. The number of nitriles is 2. The number of benzene rings is 4. The Balaban J connectivity index is 0.000000273. The van der Waals surface area contributed by atoms with E-state index in [1.54, 1.807) is 60.7 Å². The molecule has 0 saturated heterocycles. The number of halogens is 3. The maximum atomic E-state index is 12.7. The summed E-state index contributed by atoms with van der Waals surface area (Å²) in [6.07, 6.45) is 5.84. The van der Waals surface area contributed by atoms with Crippen LogP contribution in [0.5, 0.6) is 0 Å². The van der Waals surface area contributed by atoms with E-state index in [1.165, 1.54) is 38.6 Å². The third kappa shape index (κ3) is 26.2. The van der Waals surface area contributed by atoms with Crippen molar-refractivity contribution >= 4 is 0 Å². The van der Waals surface area contributed by atoms with Crippen molar-refractivity contribution < 1.29 is 144 Å². The van der Waals surface area contributed by atoms with Crippen LogP contribution in [0, 0.1) is 113 Å². The predicted molar refractivity (Wildman–Crippen MR) is 317 cm³/mol. The van der Waals surface area contributed by atoms with E-state index in [4.69, 9.17) is 86.4 Å². The number of pyridine rings is 8. The molecule has 0 bridgehead atoms. The van der Waals surface area contributed by atoms with Crippen LogP contribution in [0.4, 0.5) is 0 Å². The fraction of sp³-hybridized carbons (Fsp3) is 0.0294. The summed E-state index contributed by atoms with van der Waals surface area (Å²) < 4.78 is 105. The van der Waals surface area contributed by atoms with Crippen molar-refractivity contribution in [2.75, 3.05) is 0 Å². The van der Waals surface area contributed by atoms with Crippen molar-refractivity contribution in [2.24, 2.45) is 0 Å². The van der Waals surface area contributed by atoms with E-state index in [0.717, 1.165) is 63.4 Å². The Morgan fingerprint density at radius 1 is 0.255 bits per heavy atom. The molecule has 0 fully saturated rings. The second kappa shape index (κ2) is 38.0. The van der Waals surface area contributed by atoms with Crippen LogP contribution in [-0.4, -0.2) is 19.9 Å². The van der Waals surface area contributed by atoms with E-state index < -0.39 is 30.7 Å². The molecule has 498 valence electrons. The summed E-state index contributed by atoms with van der Waals surface area (Å²) in [6.45, 7) is 2.86. The van der Waals surface area contributed by atoms with Crippen molar-refractivity contribution in [2.45, 2.75) is 13.8 Å². The Kier molecular flexibility index (Phi) is 30.5. The Hall–Kier alpha value is -10.1. The van der Waals surface area contributed by atoms with Crippen LogP contribution in [0.1, 0.15) is 13.8 Å². The standard InChI is InChI=1S/2C32H22N4O2.2C2H3N.3ClHO4.Tb/c2*37-35-17-9-7-15-31(35)29-21-25(23-11-3-1-4-12-23)19-27(33-29)28-20-26(24-13-5-2-6-14-24)22-30(34-28)32-16-8-10-18-36(32)38;2*1-2-3;3*2-1(3,4)5;/h2*1-22H;2*1H3;3*(H,2,3,4,5);/q;;;;;;;+3/p-3. The molecule has 0 N–H and O–H groups in total. The van der Waals surface area contributed by atoms with Gasteiger partial charge in [-0.1, -0.05) is 121 Å². The molecule has 8 heterocycles. The van der Waals surface area contributed by atoms with E-state index in [0.29, 0.717) is 68.3 Å². The SMILES string of the molecule is CC#N.CC#N.[O-][Cl+3]([O-])([O-])[O-].[O-][Cl+3]([O-])([O-])[O-].[O-][Cl+3]([O-])([O-])[O-].[O-][n+]1ccccc1-c1cc(-c2ccccc2)cc(-c2cc(-c3ccccc3)cc(-c3cccc[n+]3[O-])n2)n1.[O-][n+]1ccccc1-c1cc(-c2ccccc2)cc(-c2cc(-c3ccccc3)cc(-c3cccc[n+]3[O-])n2)n1.[Tb+3]. The van der Waals surface area contributed by atoms with Gasteiger partial charge in [-0.05, 0) is 117 Å². The van der Waals surface area contributed by atoms with Crippen molar-refractivity contribution in [3.63, 3.8) is 0 Å². The van der Waals surface area contributed by atoms with Gasteiger partial charge in [0.15, 0.2) is 24.8 Å². The van der Waals surface area contributed by atoms with Crippen LogP contribution in [-0.2, 0) is 0 Å². The molecular weight excluding hydrogens is 1480 g/mol. The van der Waals surface area contributed by atoms with Crippen molar-refractivity contribution in [3.05, 3.63) is 288 Å². The first-order chi connectivity index (χ1) is 46.1. The Morgan fingerprint density at radius 3 is 0.551 bits per heavy atom. The topological polar surface area (TPSA) is 484 Å². The third-order valence-corrected chi connectivity index (χ3v) is 12.6. The minimum atomic E-state index is -4.94. The average Bonchev–Trinajstić information content (AvgIpc) is 0.788. The second-order valence-electron chi connectivity index (χ2n) is 19.2. The van der Waals surface area contributed by atoms with Gasteiger partial charge in [-0.3, -0.25) is 0 Å². The first-order valence-electron chi connectivity index (χ1n) is 27.7. The van der Waals surface area contributed by atoms with Crippen LogP contribution in [0.15, 0.2) is 267 Å². The first kappa shape index (κ1) is 78.6. The maximum Gasteiger partial charge on any atom is 3.00 e. The molecule has 8 aromatic heterocycles. The fourth-order valence-corrected chi connectivity index (χ4v) is 8.87. The number of aromatic nitrogens is 8. The summed E-state index contributed by atoms with van der Waals surface area (Å²) in [6, 6.07) is 79.8. The summed E-state index contributed by atoms with van der Waals surface area (Å²) in [5, 5.41) is 65.3. The molecule has 0 aliphatic rings. The van der Waals surface area contributed by atoms with Crippen LogP contribution < -0.4 is 74.8 Å². The predicted octanol–water partition coefficient (Wildman–Crippen LogP) is -1.05. The van der Waals surface area contributed by atoms with E-state index in [2.05, 4.69) is 0 Å². The van der Waals surface area contributed by atoms with E-state index in [9.17, 15) is 20.8 Å². The van der Waals surface area contributed by atoms with E-state index in [-0.39, 0.29) is 38.6 Å². The van der Waals surface area contributed by atoms with Gasteiger partial charge >= 0.3 is 38.6 Å². The normalized spacial score (nSPS) is 10.4. The summed E-state index contributed by atoms with van der Waals surface area (Å²) in [5.74, 6) is 0. The number of nitrogens with zero attached hydrogens (tertiary/aromatic N) is 10. The molecule has 98 heavy (non-hydrogen) atoms. The minimum absolute atomic E-state index is 0. The molecule has 0 amide bonds. The van der Waals surface area contributed by atoms with Gasteiger partial charge in [-0.25, -0.2) is 75.8 Å². The van der Waals surface area contributed by atoms with Crippen molar-refractivity contribution in [1.82, 2.24) is 19.9 Å². The molecular formula is C68H50Cl3N10O16Tb. The Morgan fingerprint density at radius 2 is 0.398 bits per heavy atom. The molecule has 12 rings (SSSR count). The Labute approximate surface area is 597 Å². The zero-order valence-electron chi connectivity index (χ0n) is 50.9. The molecule has 0 spiro atoms. The summed E-state index contributed by atoms with van der Waals surface area (Å²) in [5.41, 5.74) is 13.8. The van der Waals surface area contributed by atoms with Crippen LogP contribution in [0.2, 0.25) is 0 Å². The van der Waals surface area contributed by atoms with Gasteiger partial charge < -0.3 is 20.8 Å². The maximum absolute atomic E-state index is 12.7. The van der Waals surface area contributed by atoms with Gasteiger partial charge in [0.05, 0.1) is 34.9 Å². The molecule has 0 saturated carbocycles. The molecule has 30 heteroatoms. The van der Waals surface area contributed by atoms with Crippen LogP contribution in [0.3, 0.4) is 0 Å². The average molecular weight is 1530 g/mol. The second-order valence-corrected chi connectivity index (χ2v) is 21.5. The molecule has 0 aliphatic carbocycles. The number of hydrogen-bond donors (Lipinski definition) is 0. The van der Waals surface area contributed by atoms with Gasteiger partial charge in [-0.15, -0.1) is 30.7 Å². The van der Waals surface area contributed by atoms with Crippen molar-refractivity contribution in [1.29, 1.82) is 10.5 Å². The number of hydrogen-bond acceptors (Lipinski definition) is 22. The summed E-state index contributed by atoms with van der Waals surface area (Å²) >= 11 is 0. The molecule has 12 aromatic rings. The van der Waals surface area contributed by atoms with Crippen LogP contribution >= 0.6 is 0 Å². The number of rotatable bonds is 10. The summed E-state index contributed by atoms with van der Waals surface area (Å²) in [4.78, 5) is 19.5. The fourth-order valence-electron chi connectivity index (χ4n) is 8.87.